The molecule has 0 aliphatic carbocycles. The second kappa shape index (κ2) is 8.71. The Kier molecular flexibility index (Phi) is 6.10. The van der Waals surface area contributed by atoms with E-state index in [1.165, 1.54) is 6.07 Å². The minimum absolute atomic E-state index is 0.0145. The van der Waals surface area contributed by atoms with E-state index < -0.39 is 4.92 Å². The van der Waals surface area contributed by atoms with Gasteiger partial charge in [0.05, 0.1) is 24.6 Å². The van der Waals surface area contributed by atoms with Crippen molar-refractivity contribution in [3.05, 3.63) is 64.2 Å². The summed E-state index contributed by atoms with van der Waals surface area (Å²) in [6.45, 7) is 1.94. The molecule has 2 aromatic rings. The van der Waals surface area contributed by atoms with Crippen molar-refractivity contribution in [3.8, 4) is 5.75 Å². The zero-order valence-electron chi connectivity index (χ0n) is 16.0. The quantitative estimate of drug-likeness (QED) is 0.607. The Labute approximate surface area is 163 Å². The minimum atomic E-state index is -0.432. The van der Waals surface area contributed by atoms with Gasteiger partial charge in [-0.05, 0) is 12.1 Å². The second-order valence-corrected chi connectivity index (χ2v) is 6.65. The van der Waals surface area contributed by atoms with E-state index >= 15 is 0 Å². The van der Waals surface area contributed by atoms with Gasteiger partial charge in [-0.3, -0.25) is 14.9 Å². The molecule has 1 unspecified atom stereocenters. The second-order valence-electron chi connectivity index (χ2n) is 6.65. The molecule has 2 aromatic carbocycles. The number of nitro groups is 1. The van der Waals surface area contributed by atoms with E-state index in [9.17, 15) is 14.9 Å². The molecule has 0 bridgehead atoms. The van der Waals surface area contributed by atoms with Crippen LogP contribution in [0.4, 0.5) is 11.4 Å². The number of carbonyl (C=O) groups excluding carboxylic acids is 1. The van der Waals surface area contributed by atoms with Crippen molar-refractivity contribution in [1.82, 2.24) is 10.2 Å². The molecule has 1 saturated heterocycles. The van der Waals surface area contributed by atoms with Crippen molar-refractivity contribution in [1.29, 1.82) is 0 Å². The maximum absolute atomic E-state index is 13.1. The van der Waals surface area contributed by atoms with E-state index in [1.807, 2.05) is 29.2 Å². The number of hydrogen-bond donors (Lipinski definition) is 1. The summed E-state index contributed by atoms with van der Waals surface area (Å²) in [6.07, 6.45) is 0. The molecule has 1 fully saturated rings. The van der Waals surface area contributed by atoms with Gasteiger partial charge in [-0.1, -0.05) is 30.3 Å². The minimum Gasteiger partial charge on any atom is -0.496 e. The predicted octanol–water partition coefficient (Wildman–Crippen LogP) is 2.21. The number of anilines is 1. The van der Waals surface area contributed by atoms with Gasteiger partial charge < -0.3 is 19.9 Å². The number of nitro benzene ring substituents is 1. The number of benzene rings is 2. The fourth-order valence-electron chi connectivity index (χ4n) is 3.54. The van der Waals surface area contributed by atoms with Crippen LogP contribution in [0.1, 0.15) is 11.6 Å². The summed E-state index contributed by atoms with van der Waals surface area (Å²) in [7, 11) is 3.31. The highest BCUT2D eigenvalue weighted by Gasteiger charge is 2.30. The molecule has 0 radical (unpaired) electrons. The summed E-state index contributed by atoms with van der Waals surface area (Å²) < 4.78 is 5.47. The summed E-state index contributed by atoms with van der Waals surface area (Å²) in [5, 5.41) is 14.6. The Balaban J connectivity index is 1.81. The van der Waals surface area contributed by atoms with Crippen LogP contribution >= 0.6 is 0 Å². The number of ether oxygens (including phenoxy) is 1. The summed E-state index contributed by atoms with van der Waals surface area (Å²) in [5.74, 6) is 0.652. The molecule has 1 amide bonds. The number of likely N-dealkylation sites (N-methyl/N-ethyl adjacent to an activating group) is 1. The van der Waals surface area contributed by atoms with E-state index in [-0.39, 0.29) is 24.2 Å². The predicted molar refractivity (Wildman–Crippen MR) is 107 cm³/mol. The molecule has 1 aliphatic heterocycles. The number of nitrogens with zero attached hydrogens (tertiary/aromatic N) is 3. The van der Waals surface area contributed by atoms with Crippen molar-refractivity contribution in [2.45, 2.75) is 6.04 Å². The summed E-state index contributed by atoms with van der Waals surface area (Å²) in [6, 6.07) is 13.9. The van der Waals surface area contributed by atoms with Crippen LogP contribution < -0.4 is 15.0 Å². The molecule has 148 valence electrons. The molecule has 1 aliphatic rings. The number of methoxy groups -OCH3 is 1. The van der Waals surface area contributed by atoms with Gasteiger partial charge in [-0.15, -0.1) is 0 Å². The first-order chi connectivity index (χ1) is 13.5. The molecular formula is C20H24N4O4. The van der Waals surface area contributed by atoms with Crippen LogP contribution in [0.2, 0.25) is 0 Å². The van der Waals surface area contributed by atoms with Crippen LogP contribution in [0.3, 0.4) is 0 Å². The SMILES string of the molecule is COc1ccccc1C1CNCCN1C(=O)CN(C)c1ccccc1[N+](=O)[O-]. The number of piperazine rings is 1. The highest BCUT2D eigenvalue weighted by atomic mass is 16.6. The van der Waals surface area contributed by atoms with Crippen LogP contribution in [-0.2, 0) is 4.79 Å². The largest absolute Gasteiger partial charge is 0.496 e. The fraction of sp³-hybridized carbons (Fsp3) is 0.350. The first kappa shape index (κ1) is 19.6. The summed E-state index contributed by atoms with van der Waals surface area (Å²) in [4.78, 5) is 27.4. The van der Waals surface area contributed by atoms with Gasteiger partial charge in [-0.25, -0.2) is 0 Å². The Hall–Kier alpha value is -3.13. The molecule has 0 saturated carbocycles. The fourth-order valence-corrected chi connectivity index (χ4v) is 3.54. The average molecular weight is 384 g/mol. The smallest absolute Gasteiger partial charge is 0.292 e. The van der Waals surface area contributed by atoms with Crippen molar-refractivity contribution >= 4 is 17.3 Å². The van der Waals surface area contributed by atoms with E-state index in [1.54, 1.807) is 37.3 Å². The number of nitrogens with one attached hydrogen (secondary N) is 1. The van der Waals surface area contributed by atoms with Crippen LogP contribution in [0.5, 0.6) is 5.75 Å². The van der Waals surface area contributed by atoms with Gasteiger partial charge in [-0.2, -0.15) is 0 Å². The van der Waals surface area contributed by atoms with Crippen LogP contribution in [0.25, 0.3) is 0 Å². The highest BCUT2D eigenvalue weighted by molar-refractivity contribution is 5.83. The zero-order chi connectivity index (χ0) is 20.1. The Morgan fingerprint density at radius 3 is 2.75 bits per heavy atom. The topological polar surface area (TPSA) is 88.0 Å². The molecule has 1 heterocycles. The lowest BCUT2D eigenvalue weighted by molar-refractivity contribution is -0.384. The van der Waals surface area contributed by atoms with Crippen molar-refractivity contribution in [3.63, 3.8) is 0 Å². The van der Waals surface area contributed by atoms with Gasteiger partial charge >= 0.3 is 0 Å². The molecule has 0 spiro atoms. The molecular weight excluding hydrogens is 360 g/mol. The number of amides is 1. The Bertz CT molecular complexity index is 858. The normalized spacial score (nSPS) is 16.5. The molecule has 1 atom stereocenters. The third-order valence-electron chi connectivity index (χ3n) is 4.92. The summed E-state index contributed by atoms with van der Waals surface area (Å²) >= 11 is 0. The van der Waals surface area contributed by atoms with Gasteiger partial charge in [0.1, 0.15) is 11.4 Å². The van der Waals surface area contributed by atoms with Crippen molar-refractivity contribution in [2.75, 3.05) is 45.2 Å². The summed E-state index contributed by atoms with van der Waals surface area (Å²) in [5.41, 5.74) is 1.35. The van der Waals surface area contributed by atoms with Crippen LogP contribution in [0.15, 0.2) is 48.5 Å². The van der Waals surface area contributed by atoms with E-state index in [4.69, 9.17) is 4.74 Å². The Morgan fingerprint density at radius 2 is 2.00 bits per heavy atom. The van der Waals surface area contributed by atoms with Crippen molar-refractivity contribution in [2.24, 2.45) is 0 Å². The zero-order valence-corrected chi connectivity index (χ0v) is 16.0. The molecule has 3 rings (SSSR count). The number of para-hydroxylation sites is 3. The lowest BCUT2D eigenvalue weighted by Gasteiger charge is -2.38. The van der Waals surface area contributed by atoms with Gasteiger partial charge in [0.15, 0.2) is 0 Å². The molecule has 8 nitrogen and oxygen atoms in total. The number of rotatable bonds is 6. The van der Waals surface area contributed by atoms with Crippen LogP contribution in [-0.4, -0.2) is 56.1 Å². The first-order valence-electron chi connectivity index (χ1n) is 9.10. The monoisotopic (exact) mass is 384 g/mol. The maximum Gasteiger partial charge on any atom is 0.292 e. The van der Waals surface area contributed by atoms with Gasteiger partial charge in [0.25, 0.3) is 5.69 Å². The standard InChI is InChI=1S/C20H24N4O4/c1-22(16-8-4-5-9-17(16)24(26)27)14-20(25)23-12-11-21-13-18(23)15-7-3-6-10-19(15)28-2/h3-10,18,21H,11-14H2,1-2H3. The van der Waals surface area contributed by atoms with Crippen molar-refractivity contribution < 1.29 is 14.5 Å². The van der Waals surface area contributed by atoms with Gasteiger partial charge in [0, 0.05) is 38.3 Å². The number of hydrogen-bond acceptors (Lipinski definition) is 6. The third-order valence-corrected chi connectivity index (χ3v) is 4.92. The molecule has 28 heavy (non-hydrogen) atoms. The molecule has 8 heteroatoms. The lowest BCUT2D eigenvalue weighted by atomic mass is 10.0. The van der Waals surface area contributed by atoms with Crippen LogP contribution in [0, 0.1) is 10.1 Å². The highest BCUT2D eigenvalue weighted by Crippen LogP contribution is 2.31. The van der Waals surface area contributed by atoms with Gasteiger partial charge in [0.2, 0.25) is 5.91 Å². The van der Waals surface area contributed by atoms with E-state index in [2.05, 4.69) is 5.32 Å². The lowest BCUT2D eigenvalue weighted by Crippen LogP contribution is -2.51. The number of carbonyl (C=O) groups is 1. The van der Waals surface area contributed by atoms with E-state index in [0.29, 0.717) is 25.3 Å². The van der Waals surface area contributed by atoms with E-state index in [0.717, 1.165) is 11.3 Å². The molecule has 0 aromatic heterocycles. The first-order valence-corrected chi connectivity index (χ1v) is 9.10. The molecule has 1 N–H and O–H groups in total. The maximum atomic E-state index is 13.1. The third kappa shape index (κ3) is 4.07. The Morgan fingerprint density at radius 1 is 1.29 bits per heavy atom. The average Bonchev–Trinajstić information content (AvgIpc) is 2.73.